The molecular formula is C29H33ClN8O. The van der Waals surface area contributed by atoms with Gasteiger partial charge in [0.05, 0.1) is 6.54 Å². The van der Waals surface area contributed by atoms with Crippen molar-refractivity contribution in [3.05, 3.63) is 76.8 Å². The van der Waals surface area contributed by atoms with Crippen LogP contribution in [0.2, 0.25) is 5.15 Å². The molecule has 6 rings (SSSR count). The molecule has 39 heavy (non-hydrogen) atoms. The molecule has 0 atom stereocenters. The Morgan fingerprint density at radius 3 is 2.44 bits per heavy atom. The number of allylic oxidation sites excluding steroid dienone is 1. The molecule has 10 heteroatoms. The molecule has 2 fully saturated rings. The van der Waals surface area contributed by atoms with Crippen molar-refractivity contribution < 1.29 is 0 Å². The van der Waals surface area contributed by atoms with E-state index in [1.54, 1.807) is 35.2 Å². The number of nitrogens with one attached hydrogen (secondary N) is 1. The number of pyridine rings is 1. The van der Waals surface area contributed by atoms with E-state index >= 15 is 0 Å². The molecule has 1 N–H and O–H groups in total. The van der Waals surface area contributed by atoms with E-state index in [9.17, 15) is 4.79 Å². The Morgan fingerprint density at radius 2 is 1.74 bits per heavy atom. The summed E-state index contributed by atoms with van der Waals surface area (Å²) >= 11 is 6.15. The van der Waals surface area contributed by atoms with Crippen LogP contribution in [0.5, 0.6) is 0 Å². The minimum Gasteiger partial charge on any atom is -0.371 e. The average Bonchev–Trinajstić information content (AvgIpc) is 3.22. The smallest absolute Gasteiger partial charge is 0.278 e. The molecule has 1 aromatic carbocycles. The van der Waals surface area contributed by atoms with Crippen molar-refractivity contribution in [2.75, 3.05) is 43.4 Å². The van der Waals surface area contributed by atoms with Crippen LogP contribution >= 0.6 is 11.6 Å². The number of halogens is 1. The monoisotopic (exact) mass is 544 g/mol. The molecule has 0 aliphatic carbocycles. The number of anilines is 3. The van der Waals surface area contributed by atoms with E-state index < -0.39 is 0 Å². The Hall–Kier alpha value is -3.69. The third kappa shape index (κ3) is 5.04. The van der Waals surface area contributed by atoms with E-state index in [0.29, 0.717) is 39.9 Å². The van der Waals surface area contributed by atoms with Gasteiger partial charge in [-0.15, -0.1) is 6.58 Å². The highest BCUT2D eigenvalue weighted by Crippen LogP contribution is 2.42. The van der Waals surface area contributed by atoms with E-state index in [0.717, 1.165) is 18.8 Å². The summed E-state index contributed by atoms with van der Waals surface area (Å²) in [5.41, 5.74) is 2.88. The van der Waals surface area contributed by atoms with Crippen molar-refractivity contribution in [1.29, 1.82) is 0 Å². The van der Waals surface area contributed by atoms with E-state index in [1.807, 2.05) is 0 Å². The highest BCUT2D eigenvalue weighted by atomic mass is 35.5. The predicted octanol–water partition coefficient (Wildman–Crippen LogP) is 4.87. The Morgan fingerprint density at radius 1 is 1.03 bits per heavy atom. The molecule has 3 aromatic heterocycles. The van der Waals surface area contributed by atoms with Crippen LogP contribution in [-0.2, 0) is 6.54 Å². The van der Waals surface area contributed by atoms with Gasteiger partial charge in [-0.25, -0.2) is 19.3 Å². The Labute approximate surface area is 232 Å². The van der Waals surface area contributed by atoms with Crippen molar-refractivity contribution in [3.8, 4) is 5.82 Å². The van der Waals surface area contributed by atoms with Gasteiger partial charge in [0.1, 0.15) is 10.5 Å². The standard InChI is InChI=1S/C29H33ClN8O/c1-3-15-37-27(39)23-20-31-28(34-26(23)38(37)25-6-4-5-24(30)33-25)32-21-7-9-22(10-8-21)36-18-13-29(14-19-36)11-16-35(2)17-12-29/h3-10,20H,1,11-19H2,2H3,(H,31,32,34). The van der Waals surface area contributed by atoms with Gasteiger partial charge in [0.15, 0.2) is 11.5 Å². The maximum Gasteiger partial charge on any atom is 0.278 e. The molecule has 0 radical (unpaired) electrons. The summed E-state index contributed by atoms with van der Waals surface area (Å²) in [5, 5.41) is 4.01. The van der Waals surface area contributed by atoms with Crippen molar-refractivity contribution in [1.82, 2.24) is 29.2 Å². The second-order valence-corrected chi connectivity index (χ2v) is 11.1. The molecule has 1 spiro atoms. The predicted molar refractivity (Wildman–Crippen MR) is 156 cm³/mol. The minimum atomic E-state index is -0.217. The van der Waals surface area contributed by atoms with E-state index in [2.05, 4.69) is 63.0 Å². The second-order valence-electron chi connectivity index (χ2n) is 10.7. The van der Waals surface area contributed by atoms with Gasteiger partial charge in [0.2, 0.25) is 5.95 Å². The second kappa shape index (κ2) is 10.5. The fourth-order valence-electron chi connectivity index (χ4n) is 5.84. The first-order valence-electron chi connectivity index (χ1n) is 13.5. The maximum atomic E-state index is 13.1. The molecule has 4 aromatic rings. The fraction of sp³-hybridized carbons (Fsp3) is 0.379. The summed E-state index contributed by atoms with van der Waals surface area (Å²) in [5.74, 6) is 0.887. The molecule has 9 nitrogen and oxygen atoms in total. The normalized spacial score (nSPS) is 17.5. The maximum absolute atomic E-state index is 13.1. The van der Waals surface area contributed by atoms with E-state index in [-0.39, 0.29) is 5.56 Å². The third-order valence-electron chi connectivity index (χ3n) is 8.26. The largest absolute Gasteiger partial charge is 0.371 e. The zero-order valence-electron chi connectivity index (χ0n) is 22.2. The first kappa shape index (κ1) is 25.6. The molecule has 5 heterocycles. The minimum absolute atomic E-state index is 0.217. The lowest BCUT2D eigenvalue weighted by molar-refractivity contribution is 0.0945. The van der Waals surface area contributed by atoms with Crippen LogP contribution in [0.1, 0.15) is 25.7 Å². The first-order valence-corrected chi connectivity index (χ1v) is 13.9. The van der Waals surface area contributed by atoms with Gasteiger partial charge in [-0.2, -0.15) is 4.98 Å². The summed E-state index contributed by atoms with van der Waals surface area (Å²) in [4.78, 5) is 31.6. The molecule has 202 valence electrons. The molecule has 0 bridgehead atoms. The lowest BCUT2D eigenvalue weighted by Gasteiger charge is -2.46. The molecule has 2 saturated heterocycles. The van der Waals surface area contributed by atoms with E-state index in [1.165, 1.54) is 49.1 Å². The zero-order valence-corrected chi connectivity index (χ0v) is 22.9. The zero-order chi connectivity index (χ0) is 27.0. The number of benzene rings is 1. The Balaban J connectivity index is 1.21. The van der Waals surface area contributed by atoms with Crippen molar-refractivity contribution in [2.24, 2.45) is 5.41 Å². The summed E-state index contributed by atoms with van der Waals surface area (Å²) < 4.78 is 3.19. The molecule has 2 aliphatic heterocycles. The van der Waals surface area contributed by atoms with Crippen LogP contribution in [0.25, 0.3) is 16.9 Å². The number of nitrogens with zero attached hydrogens (tertiary/aromatic N) is 7. The summed E-state index contributed by atoms with van der Waals surface area (Å²) in [6, 6.07) is 13.7. The lowest BCUT2D eigenvalue weighted by Crippen LogP contribution is -2.46. The number of fused-ring (bicyclic) bond motifs is 1. The van der Waals surface area contributed by atoms with Crippen LogP contribution in [0.3, 0.4) is 0 Å². The number of piperidine rings is 2. The Bertz CT molecular complexity index is 1540. The number of rotatable bonds is 6. The van der Waals surface area contributed by atoms with Gasteiger partial charge in [0, 0.05) is 30.7 Å². The molecule has 2 aliphatic rings. The highest BCUT2D eigenvalue weighted by Gasteiger charge is 2.36. The van der Waals surface area contributed by atoms with Crippen LogP contribution in [0.15, 0.2) is 66.1 Å². The SMILES string of the molecule is C=CCn1c(=O)c2cnc(Nc3ccc(N4CCC5(CCN(C)CC5)CC4)cc3)nc2n1-c1cccc(Cl)n1. The van der Waals surface area contributed by atoms with Crippen molar-refractivity contribution in [3.63, 3.8) is 0 Å². The van der Waals surface area contributed by atoms with Crippen molar-refractivity contribution >= 4 is 40.0 Å². The Kier molecular flexibility index (Phi) is 6.86. The van der Waals surface area contributed by atoms with Crippen molar-refractivity contribution in [2.45, 2.75) is 32.2 Å². The lowest BCUT2D eigenvalue weighted by atomic mass is 9.71. The van der Waals surface area contributed by atoms with Crippen LogP contribution in [-0.4, -0.2) is 62.4 Å². The molecule has 0 unspecified atom stereocenters. The quantitative estimate of drug-likeness (QED) is 0.274. The first-order chi connectivity index (χ1) is 18.9. The molecule has 0 saturated carbocycles. The number of hydrogen-bond donors (Lipinski definition) is 1. The fourth-order valence-corrected chi connectivity index (χ4v) is 6.00. The summed E-state index contributed by atoms with van der Waals surface area (Å²) in [7, 11) is 2.23. The van der Waals surface area contributed by atoms with Crippen LogP contribution in [0, 0.1) is 5.41 Å². The van der Waals surface area contributed by atoms with Gasteiger partial charge < -0.3 is 15.1 Å². The topological polar surface area (TPSA) is 84.1 Å². The van der Waals surface area contributed by atoms with Gasteiger partial charge in [-0.1, -0.05) is 23.7 Å². The molecule has 0 amide bonds. The number of hydrogen-bond acceptors (Lipinski definition) is 7. The van der Waals surface area contributed by atoms with Gasteiger partial charge in [0.25, 0.3) is 5.56 Å². The van der Waals surface area contributed by atoms with E-state index in [4.69, 9.17) is 16.6 Å². The summed E-state index contributed by atoms with van der Waals surface area (Å²) in [6.45, 7) is 8.73. The van der Waals surface area contributed by atoms with Gasteiger partial charge in [-0.3, -0.25) is 4.79 Å². The van der Waals surface area contributed by atoms with Gasteiger partial charge >= 0.3 is 0 Å². The number of likely N-dealkylation sites (tertiary alicyclic amines) is 1. The summed E-state index contributed by atoms with van der Waals surface area (Å²) in [6.07, 6.45) is 8.39. The third-order valence-corrected chi connectivity index (χ3v) is 8.47. The van der Waals surface area contributed by atoms with Crippen LogP contribution in [0.4, 0.5) is 17.3 Å². The molecular weight excluding hydrogens is 512 g/mol. The average molecular weight is 545 g/mol. The highest BCUT2D eigenvalue weighted by molar-refractivity contribution is 6.29. The number of aromatic nitrogens is 5. The van der Waals surface area contributed by atoms with Crippen LogP contribution < -0.4 is 15.8 Å². The van der Waals surface area contributed by atoms with Gasteiger partial charge in [-0.05, 0) is 87.6 Å².